The van der Waals surface area contributed by atoms with Gasteiger partial charge in [0.25, 0.3) is 0 Å². The number of nitrogens with one attached hydrogen (secondary N) is 1. The number of rotatable bonds is 7. The Morgan fingerprint density at radius 2 is 2.05 bits per heavy atom. The molecule has 0 aliphatic heterocycles. The van der Waals surface area contributed by atoms with Crippen LogP contribution in [0.3, 0.4) is 0 Å². The Bertz CT molecular complexity index is 625. The molecule has 0 saturated carbocycles. The van der Waals surface area contributed by atoms with Crippen molar-refractivity contribution in [2.45, 2.75) is 26.5 Å². The summed E-state index contributed by atoms with van der Waals surface area (Å²) in [5.74, 6) is 0.127. The van der Waals surface area contributed by atoms with Crippen LogP contribution in [0.5, 0.6) is 5.75 Å². The highest BCUT2D eigenvalue weighted by Gasteiger charge is 2.10. The smallest absolute Gasteiger partial charge is 0.387 e. The summed E-state index contributed by atoms with van der Waals surface area (Å²) in [6, 6.07) is 4.57. The van der Waals surface area contributed by atoms with E-state index in [2.05, 4.69) is 20.0 Å². The van der Waals surface area contributed by atoms with Crippen LogP contribution >= 0.6 is 11.6 Å². The lowest BCUT2D eigenvalue weighted by Crippen LogP contribution is -2.18. The molecule has 1 heterocycles. The van der Waals surface area contributed by atoms with Crippen LogP contribution in [0, 0.1) is 6.92 Å². The van der Waals surface area contributed by atoms with Gasteiger partial charge in [-0.25, -0.2) is 0 Å². The lowest BCUT2D eigenvalue weighted by Gasteiger charge is -2.12. The maximum absolute atomic E-state index is 12.4. The summed E-state index contributed by atoms with van der Waals surface area (Å²) in [5.41, 5.74) is 2.38. The second-order valence-electron chi connectivity index (χ2n) is 4.65. The summed E-state index contributed by atoms with van der Waals surface area (Å²) in [6.07, 6.45) is 3.99. The molecule has 1 aromatic heterocycles. The molecular weight excluding hydrogens is 312 g/mol. The van der Waals surface area contributed by atoms with Gasteiger partial charge >= 0.3 is 6.61 Å². The zero-order valence-corrected chi connectivity index (χ0v) is 12.8. The first kappa shape index (κ1) is 16.6. The van der Waals surface area contributed by atoms with Crippen LogP contribution in [0.2, 0.25) is 5.02 Å². The van der Waals surface area contributed by atoms with Gasteiger partial charge in [-0.05, 0) is 25.1 Å². The second-order valence-corrected chi connectivity index (χ2v) is 5.08. The van der Waals surface area contributed by atoms with Crippen molar-refractivity contribution in [3.05, 3.63) is 52.6 Å². The third-order valence-electron chi connectivity index (χ3n) is 3.08. The molecule has 118 valence electrons. The van der Waals surface area contributed by atoms with E-state index in [4.69, 9.17) is 11.6 Å². The SMILES string of the molecule is Cc1nccnc1CCNCc1cc(Cl)ccc1OC(F)F. The maximum atomic E-state index is 12.4. The Hall–Kier alpha value is -1.79. The van der Waals surface area contributed by atoms with Crippen LogP contribution in [0.1, 0.15) is 17.0 Å². The highest BCUT2D eigenvalue weighted by atomic mass is 35.5. The summed E-state index contributed by atoms with van der Waals surface area (Å²) >= 11 is 5.89. The fraction of sp³-hybridized carbons (Fsp3) is 0.333. The van der Waals surface area contributed by atoms with Gasteiger partial charge in [0.05, 0.1) is 11.4 Å². The molecule has 0 spiro atoms. The topological polar surface area (TPSA) is 47.0 Å². The van der Waals surface area contributed by atoms with Gasteiger partial charge in [0.2, 0.25) is 0 Å². The summed E-state index contributed by atoms with van der Waals surface area (Å²) in [4.78, 5) is 8.41. The fourth-order valence-electron chi connectivity index (χ4n) is 2.01. The number of benzene rings is 1. The Morgan fingerprint density at radius 3 is 2.77 bits per heavy atom. The number of hydrogen-bond acceptors (Lipinski definition) is 4. The normalized spacial score (nSPS) is 11.0. The van der Waals surface area contributed by atoms with Crippen molar-refractivity contribution in [2.75, 3.05) is 6.54 Å². The predicted octanol–water partition coefficient (Wildman–Crippen LogP) is 3.37. The Kier molecular flexibility index (Phi) is 6.03. The zero-order chi connectivity index (χ0) is 15.9. The molecule has 0 aliphatic carbocycles. The van der Waals surface area contributed by atoms with Gasteiger partial charge in [0.15, 0.2) is 0 Å². The summed E-state index contributed by atoms with van der Waals surface area (Å²) in [7, 11) is 0. The van der Waals surface area contributed by atoms with E-state index < -0.39 is 6.61 Å². The number of ether oxygens (including phenoxy) is 1. The highest BCUT2D eigenvalue weighted by Crippen LogP contribution is 2.24. The van der Waals surface area contributed by atoms with E-state index >= 15 is 0 Å². The first-order valence-corrected chi connectivity index (χ1v) is 7.14. The van der Waals surface area contributed by atoms with E-state index in [9.17, 15) is 8.78 Å². The average Bonchev–Trinajstić information content (AvgIpc) is 2.47. The minimum absolute atomic E-state index is 0.127. The van der Waals surface area contributed by atoms with Gasteiger partial charge in [-0.2, -0.15) is 8.78 Å². The molecule has 0 amide bonds. The average molecular weight is 328 g/mol. The standard InChI is InChI=1S/C15H16ClF2N3O/c1-10-13(21-7-6-20-10)4-5-19-9-11-8-12(16)2-3-14(11)22-15(17)18/h2-3,6-8,15,19H,4-5,9H2,1H3. The molecule has 7 heteroatoms. The van der Waals surface area contributed by atoms with Crippen molar-refractivity contribution < 1.29 is 13.5 Å². The first-order chi connectivity index (χ1) is 10.6. The molecule has 0 fully saturated rings. The van der Waals surface area contributed by atoms with Gasteiger partial charge in [0, 0.05) is 42.5 Å². The Morgan fingerprint density at radius 1 is 1.27 bits per heavy atom. The molecule has 0 saturated heterocycles. The number of aromatic nitrogens is 2. The van der Waals surface area contributed by atoms with E-state index in [1.165, 1.54) is 12.1 Å². The van der Waals surface area contributed by atoms with Gasteiger partial charge in [-0.1, -0.05) is 11.6 Å². The van der Waals surface area contributed by atoms with E-state index in [1.54, 1.807) is 18.5 Å². The molecule has 1 N–H and O–H groups in total. The largest absolute Gasteiger partial charge is 0.434 e. The van der Waals surface area contributed by atoms with Crippen LogP contribution in [-0.4, -0.2) is 23.1 Å². The van der Waals surface area contributed by atoms with E-state index in [-0.39, 0.29) is 5.75 Å². The minimum Gasteiger partial charge on any atom is -0.434 e. The third-order valence-corrected chi connectivity index (χ3v) is 3.31. The van der Waals surface area contributed by atoms with Crippen LogP contribution in [-0.2, 0) is 13.0 Å². The van der Waals surface area contributed by atoms with Gasteiger partial charge < -0.3 is 10.1 Å². The molecule has 2 rings (SSSR count). The summed E-state index contributed by atoms with van der Waals surface area (Å²) in [6.45, 7) is 0.0536. The maximum Gasteiger partial charge on any atom is 0.387 e. The van der Waals surface area contributed by atoms with E-state index in [0.717, 1.165) is 11.4 Å². The molecule has 0 aliphatic rings. The van der Waals surface area contributed by atoms with E-state index in [1.807, 2.05) is 6.92 Å². The fourth-order valence-corrected chi connectivity index (χ4v) is 2.20. The molecule has 1 aromatic carbocycles. The molecule has 0 bridgehead atoms. The molecule has 0 radical (unpaired) electrons. The van der Waals surface area contributed by atoms with Crippen molar-refractivity contribution in [2.24, 2.45) is 0 Å². The van der Waals surface area contributed by atoms with E-state index in [0.29, 0.717) is 30.1 Å². The molecule has 2 aromatic rings. The van der Waals surface area contributed by atoms with Gasteiger partial charge in [0.1, 0.15) is 5.75 Å². The van der Waals surface area contributed by atoms with Crippen molar-refractivity contribution in [1.29, 1.82) is 0 Å². The number of halogens is 3. The zero-order valence-electron chi connectivity index (χ0n) is 12.0. The Labute approximate surface area is 132 Å². The lowest BCUT2D eigenvalue weighted by atomic mass is 10.2. The molecule has 4 nitrogen and oxygen atoms in total. The third kappa shape index (κ3) is 4.89. The number of hydrogen-bond donors (Lipinski definition) is 1. The molecule has 22 heavy (non-hydrogen) atoms. The van der Waals surface area contributed by atoms with Gasteiger partial charge in [-0.15, -0.1) is 0 Å². The molecule has 0 unspecified atom stereocenters. The van der Waals surface area contributed by atoms with Crippen LogP contribution < -0.4 is 10.1 Å². The van der Waals surface area contributed by atoms with Crippen molar-refractivity contribution in [3.8, 4) is 5.75 Å². The number of nitrogens with zero attached hydrogens (tertiary/aromatic N) is 2. The lowest BCUT2D eigenvalue weighted by molar-refractivity contribution is -0.0504. The Balaban J connectivity index is 1.91. The molecular formula is C15H16ClF2N3O. The monoisotopic (exact) mass is 327 g/mol. The summed E-state index contributed by atoms with van der Waals surface area (Å²) < 4.78 is 29.2. The van der Waals surface area contributed by atoms with Crippen molar-refractivity contribution >= 4 is 11.6 Å². The van der Waals surface area contributed by atoms with Crippen LogP contribution in [0.15, 0.2) is 30.6 Å². The predicted molar refractivity (Wildman–Crippen MR) is 80.3 cm³/mol. The van der Waals surface area contributed by atoms with Gasteiger partial charge in [-0.3, -0.25) is 9.97 Å². The first-order valence-electron chi connectivity index (χ1n) is 6.76. The van der Waals surface area contributed by atoms with Crippen LogP contribution in [0.25, 0.3) is 0 Å². The minimum atomic E-state index is -2.86. The van der Waals surface area contributed by atoms with Crippen molar-refractivity contribution in [3.63, 3.8) is 0 Å². The van der Waals surface area contributed by atoms with Crippen molar-refractivity contribution in [1.82, 2.24) is 15.3 Å². The number of aryl methyl sites for hydroxylation is 1. The molecule has 0 atom stereocenters. The quantitative estimate of drug-likeness (QED) is 0.792. The van der Waals surface area contributed by atoms with Crippen LogP contribution in [0.4, 0.5) is 8.78 Å². The highest BCUT2D eigenvalue weighted by molar-refractivity contribution is 6.30. The number of alkyl halides is 2. The summed E-state index contributed by atoms with van der Waals surface area (Å²) in [5, 5.41) is 3.64. The second kappa shape index (κ2) is 8.00.